The van der Waals surface area contributed by atoms with Crippen molar-refractivity contribution in [3.05, 3.63) is 63.6 Å². The first-order valence-corrected chi connectivity index (χ1v) is 12.2. The van der Waals surface area contributed by atoms with Crippen LogP contribution in [0, 0.1) is 0 Å². The number of halogens is 2. The third-order valence-corrected chi connectivity index (χ3v) is 5.89. The molecule has 0 fully saturated rings. The van der Waals surface area contributed by atoms with E-state index in [9.17, 15) is 9.59 Å². The highest BCUT2D eigenvalue weighted by Gasteiger charge is 2.25. The van der Waals surface area contributed by atoms with Crippen molar-refractivity contribution in [2.45, 2.75) is 31.7 Å². The maximum absolute atomic E-state index is 12.7. The van der Waals surface area contributed by atoms with Crippen LogP contribution in [0.2, 0.25) is 10.0 Å². The lowest BCUT2D eigenvalue weighted by molar-refractivity contribution is -0.142. The standard InChI is InChI=1S/C25H29Cl2N3O5/c1-33-24(32)21(30-23(31)22-19(26)6-4-7-20(22)27)16-17-8-10-18(11-9-17)34-14-3-2-12-28-25-29-13-5-15-35-25/h4,6-11,21H,2-3,5,12-16H2,1H3,(H,28,29)(H,30,31)/t21-/m0/s1. The molecule has 0 aliphatic carbocycles. The molecule has 0 bridgehead atoms. The van der Waals surface area contributed by atoms with E-state index in [-0.39, 0.29) is 22.0 Å². The number of amidine groups is 1. The van der Waals surface area contributed by atoms with Gasteiger partial charge in [-0.05, 0) is 42.7 Å². The van der Waals surface area contributed by atoms with Crippen molar-refractivity contribution in [2.75, 3.05) is 33.4 Å². The fourth-order valence-corrected chi connectivity index (χ4v) is 3.99. The second-order valence-corrected chi connectivity index (χ2v) is 8.68. The Morgan fingerprint density at radius 2 is 1.86 bits per heavy atom. The van der Waals surface area contributed by atoms with E-state index in [0.717, 1.165) is 43.7 Å². The molecule has 0 unspecified atom stereocenters. The van der Waals surface area contributed by atoms with Gasteiger partial charge in [-0.1, -0.05) is 41.4 Å². The number of hydrogen-bond acceptors (Lipinski definition) is 7. The molecule has 8 nitrogen and oxygen atoms in total. The van der Waals surface area contributed by atoms with E-state index in [0.29, 0.717) is 19.2 Å². The van der Waals surface area contributed by atoms with Crippen LogP contribution in [0.5, 0.6) is 5.75 Å². The lowest BCUT2D eigenvalue weighted by Gasteiger charge is -2.18. The zero-order chi connectivity index (χ0) is 25.0. The first-order chi connectivity index (χ1) is 17.0. The zero-order valence-corrected chi connectivity index (χ0v) is 21.0. The Labute approximate surface area is 214 Å². The van der Waals surface area contributed by atoms with Gasteiger partial charge >= 0.3 is 5.97 Å². The largest absolute Gasteiger partial charge is 0.494 e. The molecule has 2 aromatic rings. The molecule has 1 amide bonds. The van der Waals surface area contributed by atoms with Crippen LogP contribution in [0.15, 0.2) is 47.5 Å². The Morgan fingerprint density at radius 3 is 2.51 bits per heavy atom. The molecule has 0 spiro atoms. The first kappa shape index (κ1) is 26.6. The summed E-state index contributed by atoms with van der Waals surface area (Å²) >= 11 is 12.2. The number of benzene rings is 2. The van der Waals surface area contributed by atoms with Crippen molar-refractivity contribution in [1.82, 2.24) is 10.6 Å². The number of aliphatic imine (C=N–C) groups is 1. The summed E-state index contributed by atoms with van der Waals surface area (Å²) in [6.45, 7) is 2.88. The van der Waals surface area contributed by atoms with Gasteiger partial charge in [-0.15, -0.1) is 0 Å². The molecule has 0 saturated heterocycles. The van der Waals surface area contributed by atoms with E-state index in [2.05, 4.69) is 15.6 Å². The van der Waals surface area contributed by atoms with E-state index < -0.39 is 17.9 Å². The SMILES string of the molecule is COC(=O)[C@H](Cc1ccc(OCCCCNC2=NCCCO2)cc1)NC(=O)c1c(Cl)cccc1Cl. The Kier molecular flexibility index (Phi) is 10.5. The summed E-state index contributed by atoms with van der Waals surface area (Å²) in [6, 6.07) is 11.8. The molecule has 10 heteroatoms. The fraction of sp³-hybridized carbons (Fsp3) is 0.400. The number of ether oxygens (including phenoxy) is 3. The van der Waals surface area contributed by atoms with Gasteiger partial charge < -0.3 is 24.8 Å². The van der Waals surface area contributed by atoms with Gasteiger partial charge in [0.15, 0.2) is 0 Å². The second-order valence-electron chi connectivity index (χ2n) is 7.87. The number of unbranched alkanes of at least 4 members (excludes halogenated alkanes) is 1. The van der Waals surface area contributed by atoms with E-state index >= 15 is 0 Å². The van der Waals surface area contributed by atoms with Gasteiger partial charge in [-0.3, -0.25) is 4.79 Å². The summed E-state index contributed by atoms with van der Waals surface area (Å²) in [7, 11) is 1.27. The normalized spacial score (nSPS) is 13.7. The number of hydrogen-bond donors (Lipinski definition) is 2. The molecule has 3 rings (SSSR count). The molecule has 2 aromatic carbocycles. The molecule has 0 aromatic heterocycles. The van der Waals surface area contributed by atoms with Crippen molar-refractivity contribution in [3.8, 4) is 5.75 Å². The molecule has 188 valence electrons. The highest BCUT2D eigenvalue weighted by atomic mass is 35.5. The molecular formula is C25H29Cl2N3O5. The summed E-state index contributed by atoms with van der Waals surface area (Å²) in [5.74, 6) is -0.393. The summed E-state index contributed by atoms with van der Waals surface area (Å²) in [5.41, 5.74) is 0.943. The zero-order valence-electron chi connectivity index (χ0n) is 19.5. The lowest BCUT2D eigenvalue weighted by Crippen LogP contribution is -2.43. The average Bonchev–Trinajstić information content (AvgIpc) is 2.86. The van der Waals surface area contributed by atoms with Crippen molar-refractivity contribution >= 4 is 41.1 Å². The molecule has 2 N–H and O–H groups in total. The number of methoxy groups -OCH3 is 1. The minimum Gasteiger partial charge on any atom is -0.494 e. The maximum Gasteiger partial charge on any atom is 0.328 e. The Hall–Kier alpha value is -2.97. The number of rotatable bonds is 11. The van der Waals surface area contributed by atoms with Gasteiger partial charge in [-0.2, -0.15) is 0 Å². The predicted molar refractivity (Wildman–Crippen MR) is 135 cm³/mol. The summed E-state index contributed by atoms with van der Waals surface area (Å²) in [5, 5.41) is 6.25. The number of esters is 1. The molecule has 0 radical (unpaired) electrons. The highest BCUT2D eigenvalue weighted by molar-refractivity contribution is 6.39. The topological polar surface area (TPSA) is 98.2 Å². The summed E-state index contributed by atoms with van der Waals surface area (Å²) in [4.78, 5) is 29.3. The van der Waals surface area contributed by atoms with Gasteiger partial charge in [0, 0.05) is 25.9 Å². The molecule has 1 atom stereocenters. The number of carbonyl (C=O) groups excluding carboxylic acids is 2. The first-order valence-electron chi connectivity index (χ1n) is 11.4. The predicted octanol–water partition coefficient (Wildman–Crippen LogP) is 4.03. The smallest absolute Gasteiger partial charge is 0.328 e. The molecular weight excluding hydrogens is 493 g/mol. The van der Waals surface area contributed by atoms with Gasteiger partial charge in [-0.25, -0.2) is 9.79 Å². The molecule has 35 heavy (non-hydrogen) atoms. The van der Waals surface area contributed by atoms with Crippen LogP contribution in [0.4, 0.5) is 0 Å². The van der Waals surface area contributed by atoms with Gasteiger partial charge in [0.1, 0.15) is 11.8 Å². The third-order valence-electron chi connectivity index (χ3n) is 5.26. The number of carbonyl (C=O) groups is 2. The van der Waals surface area contributed by atoms with Gasteiger partial charge in [0.25, 0.3) is 11.9 Å². The maximum atomic E-state index is 12.7. The van der Waals surface area contributed by atoms with Crippen LogP contribution in [-0.4, -0.2) is 57.4 Å². The minimum atomic E-state index is -0.906. The van der Waals surface area contributed by atoms with Crippen LogP contribution in [0.25, 0.3) is 0 Å². The van der Waals surface area contributed by atoms with Crippen molar-refractivity contribution in [2.24, 2.45) is 4.99 Å². The number of nitrogens with zero attached hydrogens (tertiary/aromatic N) is 1. The number of amides is 1. The second kappa shape index (κ2) is 13.8. The lowest BCUT2D eigenvalue weighted by atomic mass is 10.0. The van der Waals surface area contributed by atoms with Crippen LogP contribution >= 0.6 is 23.2 Å². The quantitative estimate of drug-likeness (QED) is 0.342. The van der Waals surface area contributed by atoms with E-state index in [4.69, 9.17) is 37.4 Å². The Morgan fingerprint density at radius 1 is 1.11 bits per heavy atom. The van der Waals surface area contributed by atoms with Crippen molar-refractivity contribution in [1.29, 1.82) is 0 Å². The summed E-state index contributed by atoms with van der Waals surface area (Å²) < 4.78 is 16.1. The van der Waals surface area contributed by atoms with E-state index in [1.165, 1.54) is 7.11 Å². The van der Waals surface area contributed by atoms with Crippen LogP contribution < -0.4 is 15.4 Å². The van der Waals surface area contributed by atoms with Crippen LogP contribution in [-0.2, 0) is 20.7 Å². The highest BCUT2D eigenvalue weighted by Crippen LogP contribution is 2.24. The van der Waals surface area contributed by atoms with Gasteiger partial charge in [0.2, 0.25) is 0 Å². The average molecular weight is 522 g/mol. The van der Waals surface area contributed by atoms with Gasteiger partial charge in [0.05, 0.1) is 35.9 Å². The molecule has 1 aliphatic rings. The molecule has 1 heterocycles. The molecule has 0 saturated carbocycles. The van der Waals surface area contributed by atoms with Crippen LogP contribution in [0.1, 0.15) is 35.2 Å². The monoisotopic (exact) mass is 521 g/mol. The fourth-order valence-electron chi connectivity index (χ4n) is 3.42. The minimum absolute atomic E-state index is 0.114. The molecule has 1 aliphatic heterocycles. The Bertz CT molecular complexity index is 1010. The van der Waals surface area contributed by atoms with E-state index in [1.54, 1.807) is 18.2 Å². The van der Waals surface area contributed by atoms with E-state index in [1.807, 2.05) is 24.3 Å². The third kappa shape index (κ3) is 8.33. The Balaban J connectivity index is 1.47. The van der Waals surface area contributed by atoms with Crippen molar-refractivity contribution in [3.63, 3.8) is 0 Å². The number of nitrogens with one attached hydrogen (secondary N) is 2. The van der Waals surface area contributed by atoms with Crippen molar-refractivity contribution < 1.29 is 23.8 Å². The van der Waals surface area contributed by atoms with Crippen LogP contribution in [0.3, 0.4) is 0 Å². The summed E-state index contributed by atoms with van der Waals surface area (Å²) in [6.07, 6.45) is 3.01.